The minimum absolute atomic E-state index is 0. The summed E-state index contributed by atoms with van der Waals surface area (Å²) in [5.41, 5.74) is 18.3. The molecule has 0 bridgehead atoms. The molecule has 0 saturated carbocycles. The Morgan fingerprint density at radius 3 is 0.893 bits per heavy atom. The van der Waals surface area contributed by atoms with Gasteiger partial charge >= 0.3 is 196 Å². The summed E-state index contributed by atoms with van der Waals surface area (Å²) in [5, 5.41) is 2.92. The Hall–Kier alpha value is -4.07. The zero-order chi connectivity index (χ0) is 80.0. The molecule has 0 aromatic heterocycles. The van der Waals surface area contributed by atoms with E-state index in [2.05, 4.69) is 275 Å². The summed E-state index contributed by atoms with van der Waals surface area (Å²) in [7, 11) is 22.4. The maximum Gasteiger partial charge on any atom is 0.228 e. The molecule has 0 atom stereocenters. The van der Waals surface area contributed by atoms with Crippen LogP contribution in [-0.2, 0) is 31.8 Å². The molecule has 3 aliphatic heterocycles. The Kier molecular flexibility index (Phi) is 43.6. The van der Waals surface area contributed by atoms with Crippen LogP contribution in [0, 0.1) is 6.67 Å². The van der Waals surface area contributed by atoms with Crippen LogP contribution in [-0.4, -0.2) is 88.5 Å². The van der Waals surface area contributed by atoms with Gasteiger partial charge in [0.05, 0.1) is 26.3 Å². The summed E-state index contributed by atoms with van der Waals surface area (Å²) >= 11 is 16.9. The van der Waals surface area contributed by atoms with E-state index in [4.69, 9.17) is 87.8 Å². The van der Waals surface area contributed by atoms with E-state index in [1.165, 1.54) is 77.9 Å². The molecular formula is C94H133Cl7N5O3PRu2. The molecule has 0 unspecified atom stereocenters. The van der Waals surface area contributed by atoms with Gasteiger partial charge in [0.1, 0.15) is 18.7 Å². The fraction of sp³-hybridized carbons (Fsp3) is 0.457. The predicted molar refractivity (Wildman–Crippen MR) is 497 cm³/mol. The number of hydrogen-bond acceptors (Lipinski definition) is 8. The maximum absolute atomic E-state index is 6.80. The molecule has 0 N–H and O–H groups in total. The van der Waals surface area contributed by atoms with Crippen molar-refractivity contribution in [2.45, 2.75) is 230 Å². The molecule has 0 radical (unpaired) electrons. The summed E-state index contributed by atoms with van der Waals surface area (Å²) in [4.78, 5) is 9.73. The number of ether oxygens (including phenoxy) is 3. The molecule has 0 amide bonds. The number of para-hydroxylation sites is 6. The summed E-state index contributed by atoms with van der Waals surface area (Å²) < 4.78 is 21.7. The van der Waals surface area contributed by atoms with Gasteiger partial charge in [-0.1, -0.05) is 277 Å². The van der Waals surface area contributed by atoms with E-state index < -0.39 is 45.1 Å². The first-order valence-corrected chi connectivity index (χ1v) is 52.2. The van der Waals surface area contributed by atoms with Crippen LogP contribution in [0.1, 0.15) is 264 Å². The molecule has 112 heavy (non-hydrogen) atoms. The number of benzene rings is 8. The van der Waals surface area contributed by atoms with Gasteiger partial charge in [-0.3, -0.25) is 0 Å². The van der Waals surface area contributed by atoms with Crippen LogP contribution in [0.5, 0.6) is 11.5 Å². The number of halogens is 7. The Morgan fingerprint density at radius 2 is 0.634 bits per heavy atom. The minimum Gasteiger partial charge on any atom is -0.502 e. The Morgan fingerprint density at radius 1 is 0.366 bits per heavy atom. The van der Waals surface area contributed by atoms with Crippen molar-refractivity contribution >= 4 is 124 Å². The number of hydrogen-bond donors (Lipinski definition) is 0. The molecule has 18 heteroatoms. The number of anilines is 4. The van der Waals surface area contributed by atoms with Crippen LogP contribution in [0.3, 0.4) is 0 Å². The van der Waals surface area contributed by atoms with Gasteiger partial charge in [0.25, 0.3) is 0 Å². The van der Waals surface area contributed by atoms with Gasteiger partial charge in [-0.15, -0.1) is 0 Å². The topological polar surface area (TPSA) is 43.9 Å². The Balaban J connectivity index is 0.000000305. The van der Waals surface area contributed by atoms with Gasteiger partial charge in [0.2, 0.25) is 3.79 Å². The van der Waals surface area contributed by atoms with Crippen LogP contribution in [0.15, 0.2) is 182 Å². The second-order valence-electron chi connectivity index (χ2n) is 30.9. The summed E-state index contributed by atoms with van der Waals surface area (Å²) in [6, 6.07) is 64.3. The standard InChI is InChI=1S/C28H39Cl3N2.C27H39N2.C16H18NOP.2C10H12O.3CH4.4ClH.2Ru/c1-17(2)21-11-9-12-22(18(3)4)25(21)32-15-16-33(27(32)28(29,30)31)26-23(19(5)6)13-10-14-24(26)20(7)8;1-18(2)22-11-9-12-23(19(3)4)26(22)28-15-16-29(17-28)27-24(20(5)6)13-10-14-25(27)21(7)8;1-3-7-15(8-4-1)19(16-9-5-2-6-10-16)17-11-13-18-14-12-17;2*1-8(2)11-10-7-5-4-6-9(10)3;;;;;;;;;/h9-14,17-20,27H,15-16H2,1-8H3;9-14,17-21H,15-16H2,1-8H3;1-10H,11-14H2;2*3-8H,1-2H3;3*1H4;4*1H;;/q;-1;;;;;;;;;;;2*+2/p-3. The van der Waals surface area contributed by atoms with E-state index in [1.807, 2.05) is 85.4 Å². The van der Waals surface area contributed by atoms with Crippen molar-refractivity contribution < 1.29 is 41.2 Å². The van der Waals surface area contributed by atoms with Gasteiger partial charge < -0.3 is 24.3 Å². The molecule has 8 aromatic rings. The van der Waals surface area contributed by atoms with Crippen molar-refractivity contribution in [1.82, 2.24) is 4.67 Å². The number of morpholine rings is 1. The Bertz CT molecular complexity index is 3810. The molecule has 0 spiro atoms. The van der Waals surface area contributed by atoms with Crippen molar-refractivity contribution in [3.05, 3.63) is 244 Å². The normalized spacial score (nSPS) is 14.2. The molecule has 8 aromatic carbocycles. The first kappa shape index (κ1) is 100. The minimum atomic E-state index is -1.77. The summed E-state index contributed by atoms with van der Waals surface area (Å²) in [6.07, 6.45) is -0.0657. The van der Waals surface area contributed by atoms with Gasteiger partial charge in [0, 0.05) is 48.9 Å². The second-order valence-corrected chi connectivity index (χ2v) is 47.2. The van der Waals surface area contributed by atoms with E-state index in [0.717, 1.165) is 75.1 Å². The number of nitrogens with zero attached hydrogens (tertiary/aromatic N) is 5. The number of rotatable bonds is 21. The zero-order valence-electron chi connectivity index (χ0n) is 67.9. The van der Waals surface area contributed by atoms with Gasteiger partial charge in [-0.2, -0.15) is 11.3 Å². The maximum atomic E-state index is 6.80. The van der Waals surface area contributed by atoms with Crippen molar-refractivity contribution in [1.29, 1.82) is 0 Å². The smallest absolute Gasteiger partial charge is 0.228 e. The summed E-state index contributed by atoms with van der Waals surface area (Å²) in [6.45, 7) is 54.2. The van der Waals surface area contributed by atoms with Crippen molar-refractivity contribution in [3.63, 3.8) is 0 Å². The van der Waals surface area contributed by atoms with Crippen LogP contribution in [0.25, 0.3) is 0 Å². The molecule has 8 nitrogen and oxygen atoms in total. The third-order valence-corrected chi connectivity index (χ3v) is 26.3. The molecule has 3 aliphatic rings. The van der Waals surface area contributed by atoms with E-state index in [1.54, 1.807) is 0 Å². The molecule has 3 fully saturated rings. The quantitative estimate of drug-likeness (QED) is 0.0305. The first-order valence-electron chi connectivity index (χ1n) is 38.7. The van der Waals surface area contributed by atoms with Gasteiger partial charge in [0.15, 0.2) is 6.17 Å². The van der Waals surface area contributed by atoms with Crippen molar-refractivity contribution in [3.8, 4) is 11.5 Å². The third kappa shape index (κ3) is 28.6. The fourth-order valence-electron chi connectivity index (χ4n) is 14.2. The van der Waals surface area contributed by atoms with Crippen LogP contribution in [0.2, 0.25) is 0 Å². The zero-order valence-corrected chi connectivity index (χ0v) is 77.6. The first-order chi connectivity index (χ1) is 51.7. The molecule has 0 aliphatic carbocycles. The predicted octanol–water partition coefficient (Wildman–Crippen LogP) is 27.9. The van der Waals surface area contributed by atoms with Gasteiger partial charge in [-0.25, -0.2) is 0 Å². The van der Waals surface area contributed by atoms with Crippen LogP contribution >= 0.6 is 81.6 Å². The average Bonchev–Trinajstić information content (AvgIpc) is 1.57. The number of alkyl halides is 3. The van der Waals surface area contributed by atoms with Crippen LogP contribution in [0.4, 0.5) is 22.7 Å². The second kappa shape index (κ2) is 48.7. The molecular weight excluding hydrogens is 1730 g/mol. The SMILES string of the molecule is C.C.C.CC(C)Oc1ccccc1[CH]=[Ru]([Cl])[Cl].CC(C)Oc1ccccc1[CH]=[Ru]([Cl])[Cl].CC(C)c1cccc(C(C)C)c1N1CCN(c2c(C(C)C)cccc2C(C)C)C1C(Cl)(Cl)Cl.CC(C)c1cccc(C(C)C)c1N1[CH-]N(c2c(C(C)C)cccc2C(C)C)CC1.c1ccc([PH+](c2ccccc2)N2CCOCC2)cc1. The van der Waals surface area contributed by atoms with E-state index in [9.17, 15) is 0 Å². The average molecular weight is 1860 g/mol. The van der Waals surface area contributed by atoms with Crippen molar-refractivity contribution in [2.24, 2.45) is 0 Å². The largest absolute Gasteiger partial charge is 0.502 e. The van der Waals surface area contributed by atoms with E-state index >= 15 is 0 Å². The molecule has 3 heterocycles. The van der Waals surface area contributed by atoms with Gasteiger partial charge in [-0.05, 0) is 116 Å². The molecule has 11 rings (SSSR count). The molecule has 622 valence electrons. The van der Waals surface area contributed by atoms with Crippen molar-refractivity contribution in [2.75, 3.05) is 72.1 Å². The van der Waals surface area contributed by atoms with E-state index in [0.29, 0.717) is 47.3 Å². The van der Waals surface area contributed by atoms with E-state index in [-0.39, 0.29) is 34.5 Å². The monoisotopic (exact) mass is 1860 g/mol. The Labute approximate surface area is 721 Å². The molecule has 3 saturated heterocycles. The fourth-order valence-corrected chi connectivity index (χ4v) is 21.2. The van der Waals surface area contributed by atoms with Crippen LogP contribution < -0.4 is 39.7 Å². The third-order valence-electron chi connectivity index (χ3n) is 19.2. The summed E-state index contributed by atoms with van der Waals surface area (Å²) in [5.74, 6) is 5.25.